The van der Waals surface area contributed by atoms with E-state index in [1.54, 1.807) is 35.2 Å². The average molecular weight is 524 g/mol. The van der Waals surface area contributed by atoms with Crippen molar-refractivity contribution in [1.29, 1.82) is 0 Å². The first-order valence-electron chi connectivity index (χ1n) is 11.8. The molecule has 36 heavy (non-hydrogen) atoms. The molecule has 4 aromatic rings. The number of anilines is 1. The van der Waals surface area contributed by atoms with Crippen molar-refractivity contribution in [1.82, 2.24) is 9.29 Å². The zero-order valence-corrected chi connectivity index (χ0v) is 21.4. The van der Waals surface area contributed by atoms with Gasteiger partial charge >= 0.3 is 0 Å². The third-order valence-electron chi connectivity index (χ3n) is 6.48. The second kappa shape index (κ2) is 10.1. The summed E-state index contributed by atoms with van der Waals surface area (Å²) in [6, 6.07) is 20.9. The molecule has 1 fully saturated rings. The molecule has 6 nitrogen and oxygen atoms in total. The molecule has 0 N–H and O–H groups in total. The highest BCUT2D eigenvalue weighted by Gasteiger charge is 2.35. The summed E-state index contributed by atoms with van der Waals surface area (Å²) >= 11 is 1.28. The number of fused-ring (bicyclic) bond motifs is 1. The number of sulfonamides is 1. The highest BCUT2D eigenvalue weighted by Crippen LogP contribution is 2.33. The molecule has 5 rings (SSSR count). The lowest BCUT2D eigenvalue weighted by Gasteiger charge is -2.33. The second-order valence-electron chi connectivity index (χ2n) is 9.01. The summed E-state index contributed by atoms with van der Waals surface area (Å²) < 4.78 is 42.1. The van der Waals surface area contributed by atoms with Crippen molar-refractivity contribution in [3.05, 3.63) is 89.7 Å². The first-order chi connectivity index (χ1) is 17.3. The van der Waals surface area contributed by atoms with Gasteiger partial charge < -0.3 is 0 Å². The normalized spacial score (nSPS) is 15.3. The summed E-state index contributed by atoms with van der Waals surface area (Å²) in [6.07, 6.45) is 0.851. The number of amides is 1. The van der Waals surface area contributed by atoms with Crippen LogP contribution in [0.5, 0.6) is 0 Å². The fourth-order valence-electron chi connectivity index (χ4n) is 4.43. The van der Waals surface area contributed by atoms with Gasteiger partial charge in [-0.05, 0) is 55.7 Å². The highest BCUT2D eigenvalue weighted by atomic mass is 32.2. The molecule has 0 aliphatic carbocycles. The maximum absolute atomic E-state index is 13.8. The Labute approximate surface area is 214 Å². The number of carbonyl (C=O) groups is 1. The van der Waals surface area contributed by atoms with Crippen LogP contribution in [0.25, 0.3) is 10.2 Å². The van der Waals surface area contributed by atoms with Crippen molar-refractivity contribution in [3.63, 3.8) is 0 Å². The third-order valence-corrected chi connectivity index (χ3v) is 9.44. The van der Waals surface area contributed by atoms with Gasteiger partial charge in [0.05, 0.1) is 21.7 Å². The van der Waals surface area contributed by atoms with Gasteiger partial charge in [-0.25, -0.2) is 17.8 Å². The molecule has 186 valence electrons. The number of benzene rings is 3. The van der Waals surface area contributed by atoms with Gasteiger partial charge in [-0.2, -0.15) is 4.31 Å². The average Bonchev–Trinajstić information content (AvgIpc) is 3.31. The number of hydrogen-bond donors (Lipinski definition) is 0. The molecule has 0 bridgehead atoms. The number of hydrogen-bond acceptors (Lipinski definition) is 5. The minimum absolute atomic E-state index is 0.0919. The predicted molar refractivity (Wildman–Crippen MR) is 140 cm³/mol. The van der Waals surface area contributed by atoms with E-state index in [1.165, 1.54) is 27.8 Å². The van der Waals surface area contributed by atoms with Gasteiger partial charge in [-0.15, -0.1) is 0 Å². The SMILES string of the molecule is Cc1ccc(S(=O)(=O)N2CCC(C(=O)N(Cc3ccccc3)c3nc4ccc(F)cc4s3)CC2)cc1. The highest BCUT2D eigenvalue weighted by molar-refractivity contribution is 7.89. The largest absolute Gasteiger partial charge is 0.283 e. The molecule has 3 aromatic carbocycles. The number of thiazole rings is 1. The molecule has 1 aliphatic rings. The molecule has 0 atom stereocenters. The molecule has 1 aromatic heterocycles. The standard InChI is InChI=1S/C27H26FN3O3S2/c1-19-7-10-23(11-8-19)36(33,34)30-15-13-21(14-16-30)26(32)31(18-20-5-3-2-4-6-20)27-29-24-12-9-22(28)17-25(24)35-27/h2-12,17,21H,13-16,18H2,1H3. The summed E-state index contributed by atoms with van der Waals surface area (Å²) in [5, 5.41) is 0.513. The molecular formula is C27H26FN3O3S2. The molecular weight excluding hydrogens is 497 g/mol. The lowest BCUT2D eigenvalue weighted by Crippen LogP contribution is -2.44. The van der Waals surface area contributed by atoms with Crippen LogP contribution in [0.15, 0.2) is 77.7 Å². The maximum Gasteiger partial charge on any atom is 0.243 e. The molecule has 0 radical (unpaired) electrons. The van der Waals surface area contributed by atoms with Crippen molar-refractivity contribution < 1.29 is 17.6 Å². The second-order valence-corrected chi connectivity index (χ2v) is 12.0. The van der Waals surface area contributed by atoms with Crippen molar-refractivity contribution in [2.75, 3.05) is 18.0 Å². The Morgan fingerprint density at radius 1 is 1.06 bits per heavy atom. The van der Waals surface area contributed by atoms with E-state index in [-0.39, 0.29) is 35.6 Å². The number of halogens is 1. The van der Waals surface area contributed by atoms with Crippen molar-refractivity contribution in [3.8, 4) is 0 Å². The van der Waals surface area contributed by atoms with E-state index in [0.717, 1.165) is 11.1 Å². The molecule has 2 heterocycles. The summed E-state index contributed by atoms with van der Waals surface area (Å²) in [5.74, 6) is -0.770. The van der Waals surface area contributed by atoms with Crippen LogP contribution in [0, 0.1) is 18.7 Å². The van der Waals surface area contributed by atoms with Crippen molar-refractivity contribution in [2.45, 2.75) is 31.2 Å². The Morgan fingerprint density at radius 2 is 1.75 bits per heavy atom. The molecule has 1 saturated heterocycles. The van der Waals surface area contributed by atoms with Crippen LogP contribution in [0.4, 0.5) is 9.52 Å². The summed E-state index contributed by atoms with van der Waals surface area (Å²) in [6.45, 7) is 2.80. The van der Waals surface area contributed by atoms with Crippen LogP contribution in [0.3, 0.4) is 0 Å². The van der Waals surface area contributed by atoms with E-state index in [9.17, 15) is 17.6 Å². The minimum Gasteiger partial charge on any atom is -0.283 e. The summed E-state index contributed by atoms with van der Waals surface area (Å²) in [5.41, 5.74) is 2.59. The fourth-order valence-corrected chi connectivity index (χ4v) is 6.90. The number of rotatable bonds is 6. The predicted octanol–water partition coefficient (Wildman–Crippen LogP) is 5.38. The number of aryl methyl sites for hydroxylation is 1. The van der Waals surface area contributed by atoms with Crippen molar-refractivity contribution >= 4 is 42.6 Å². The Kier molecular flexibility index (Phi) is 6.87. The summed E-state index contributed by atoms with van der Waals surface area (Å²) in [7, 11) is -3.61. The Morgan fingerprint density at radius 3 is 2.44 bits per heavy atom. The number of piperidine rings is 1. The molecule has 0 spiro atoms. The van der Waals surface area contributed by atoms with E-state index in [1.807, 2.05) is 37.3 Å². The van der Waals surface area contributed by atoms with E-state index in [4.69, 9.17) is 0 Å². The molecule has 0 saturated carbocycles. The van der Waals surface area contributed by atoms with Gasteiger partial charge in [0.1, 0.15) is 5.82 Å². The topological polar surface area (TPSA) is 70.6 Å². The maximum atomic E-state index is 13.8. The molecule has 0 unspecified atom stereocenters. The first kappa shape index (κ1) is 24.5. The van der Waals surface area contributed by atoms with Crippen LogP contribution in [0.2, 0.25) is 0 Å². The van der Waals surface area contributed by atoms with Gasteiger partial charge in [0.2, 0.25) is 15.9 Å². The van der Waals surface area contributed by atoms with Crippen LogP contribution >= 0.6 is 11.3 Å². The smallest absolute Gasteiger partial charge is 0.243 e. The third kappa shape index (κ3) is 5.04. The van der Waals surface area contributed by atoms with Gasteiger partial charge in [0, 0.05) is 19.0 Å². The van der Waals surface area contributed by atoms with Crippen molar-refractivity contribution in [2.24, 2.45) is 5.92 Å². The lowest BCUT2D eigenvalue weighted by atomic mass is 9.96. The van der Waals surface area contributed by atoms with E-state index in [0.29, 0.717) is 34.7 Å². The fraction of sp³-hybridized carbons (Fsp3) is 0.259. The van der Waals surface area contributed by atoms with Crippen LogP contribution in [0.1, 0.15) is 24.0 Å². The minimum atomic E-state index is -3.61. The molecule has 1 amide bonds. The number of carbonyl (C=O) groups excluding carboxylic acids is 1. The Bertz CT molecular complexity index is 1480. The monoisotopic (exact) mass is 523 g/mol. The van der Waals surface area contributed by atoms with Gasteiger partial charge in [0.25, 0.3) is 0 Å². The Hall–Kier alpha value is -3.14. The first-order valence-corrected chi connectivity index (χ1v) is 14.0. The zero-order chi connectivity index (χ0) is 25.3. The zero-order valence-electron chi connectivity index (χ0n) is 19.8. The van der Waals surface area contributed by atoms with E-state index < -0.39 is 10.0 Å². The molecule has 1 aliphatic heterocycles. The van der Waals surface area contributed by atoms with E-state index >= 15 is 0 Å². The number of nitrogens with zero attached hydrogens (tertiary/aromatic N) is 3. The lowest BCUT2D eigenvalue weighted by molar-refractivity contribution is -0.123. The van der Waals surface area contributed by atoms with E-state index in [2.05, 4.69) is 4.98 Å². The van der Waals surface area contributed by atoms with Crippen LogP contribution in [-0.4, -0.2) is 36.7 Å². The van der Waals surface area contributed by atoms with Crippen LogP contribution < -0.4 is 4.90 Å². The molecule has 9 heteroatoms. The summed E-state index contributed by atoms with van der Waals surface area (Å²) in [4.78, 5) is 20.3. The van der Waals surface area contributed by atoms with Crippen LogP contribution in [-0.2, 0) is 21.4 Å². The van der Waals surface area contributed by atoms with Gasteiger partial charge in [-0.3, -0.25) is 9.69 Å². The van der Waals surface area contributed by atoms with Gasteiger partial charge in [0.15, 0.2) is 5.13 Å². The Balaban J connectivity index is 1.37. The number of aromatic nitrogens is 1. The quantitative estimate of drug-likeness (QED) is 0.340. The van der Waals surface area contributed by atoms with Gasteiger partial charge in [-0.1, -0.05) is 59.4 Å².